The van der Waals surface area contributed by atoms with Crippen LogP contribution in [0.15, 0.2) is 12.4 Å². The molecule has 106 valence electrons. The Balaban J connectivity index is 1.81. The second-order valence-electron chi connectivity index (χ2n) is 7.63. The van der Waals surface area contributed by atoms with Crippen LogP contribution in [0.5, 0.6) is 0 Å². The molecule has 0 radical (unpaired) electrons. The smallest absolute Gasteiger partial charge is 0.125 e. The summed E-state index contributed by atoms with van der Waals surface area (Å²) in [5.41, 5.74) is 0.889. The van der Waals surface area contributed by atoms with E-state index in [-0.39, 0.29) is 0 Å². The Morgan fingerprint density at radius 2 is 2.16 bits per heavy atom. The predicted molar refractivity (Wildman–Crippen MR) is 77.8 cm³/mol. The molecule has 19 heavy (non-hydrogen) atoms. The van der Waals surface area contributed by atoms with E-state index in [2.05, 4.69) is 49.6 Å². The lowest BCUT2D eigenvalue weighted by molar-refractivity contribution is 0.0989. The van der Waals surface area contributed by atoms with E-state index in [9.17, 15) is 0 Å². The molecule has 4 unspecified atom stereocenters. The molecule has 0 aliphatic heterocycles. The van der Waals surface area contributed by atoms with Gasteiger partial charge in [-0.3, -0.25) is 0 Å². The molecule has 3 heteroatoms. The first-order valence-electron chi connectivity index (χ1n) is 7.58. The third kappa shape index (κ3) is 1.85. The molecule has 0 spiro atoms. The summed E-state index contributed by atoms with van der Waals surface area (Å²) in [5.74, 6) is 2.03. The van der Waals surface area contributed by atoms with Crippen molar-refractivity contribution in [2.24, 2.45) is 23.8 Å². The maximum Gasteiger partial charge on any atom is 0.125 e. The number of fused-ring (bicyclic) bond motifs is 2. The van der Waals surface area contributed by atoms with Crippen LogP contribution >= 0.6 is 0 Å². The highest BCUT2D eigenvalue weighted by atomic mass is 15.1. The van der Waals surface area contributed by atoms with Crippen molar-refractivity contribution in [3.8, 4) is 0 Å². The number of aromatic nitrogens is 2. The minimum Gasteiger partial charge on any atom is -0.337 e. The van der Waals surface area contributed by atoms with Crippen molar-refractivity contribution in [2.45, 2.75) is 59.0 Å². The Kier molecular flexibility index (Phi) is 2.83. The van der Waals surface area contributed by atoms with E-state index in [4.69, 9.17) is 0 Å². The molecule has 1 aromatic rings. The molecule has 3 rings (SSSR count). The molecule has 4 atom stereocenters. The van der Waals surface area contributed by atoms with Gasteiger partial charge >= 0.3 is 0 Å². The van der Waals surface area contributed by atoms with Crippen molar-refractivity contribution in [1.82, 2.24) is 14.9 Å². The van der Waals surface area contributed by atoms with Gasteiger partial charge in [0.15, 0.2) is 0 Å². The zero-order chi connectivity index (χ0) is 13.8. The number of imidazole rings is 1. The Morgan fingerprint density at radius 3 is 2.68 bits per heavy atom. The van der Waals surface area contributed by atoms with Crippen molar-refractivity contribution in [1.29, 1.82) is 0 Å². The lowest BCUT2D eigenvalue weighted by Gasteiger charge is -2.44. The highest BCUT2D eigenvalue weighted by Gasteiger charge is 2.59. The largest absolute Gasteiger partial charge is 0.337 e. The number of hydrogen-bond acceptors (Lipinski definition) is 2. The molecule has 1 N–H and O–H groups in total. The monoisotopic (exact) mass is 261 g/mol. The average Bonchev–Trinajstić information content (AvgIpc) is 2.95. The number of rotatable bonds is 3. The summed E-state index contributed by atoms with van der Waals surface area (Å²) in [4.78, 5) is 4.49. The molecule has 0 saturated heterocycles. The number of nitrogens with one attached hydrogen (secondary N) is 1. The fourth-order valence-electron chi connectivity index (χ4n) is 4.84. The van der Waals surface area contributed by atoms with Gasteiger partial charge < -0.3 is 9.88 Å². The molecular formula is C16H27N3. The molecule has 1 aromatic heterocycles. The predicted octanol–water partition coefficient (Wildman–Crippen LogP) is 3.29. The van der Waals surface area contributed by atoms with Gasteiger partial charge in [0, 0.05) is 25.5 Å². The van der Waals surface area contributed by atoms with E-state index in [0.29, 0.717) is 22.9 Å². The van der Waals surface area contributed by atoms with Gasteiger partial charge in [0.2, 0.25) is 0 Å². The van der Waals surface area contributed by atoms with Crippen LogP contribution in [0.4, 0.5) is 0 Å². The fourth-order valence-corrected chi connectivity index (χ4v) is 4.84. The van der Waals surface area contributed by atoms with Crippen LogP contribution in [-0.4, -0.2) is 15.6 Å². The van der Waals surface area contributed by atoms with E-state index in [1.54, 1.807) is 0 Å². The van der Waals surface area contributed by atoms with E-state index in [1.165, 1.54) is 19.3 Å². The third-order valence-corrected chi connectivity index (χ3v) is 5.93. The summed E-state index contributed by atoms with van der Waals surface area (Å²) in [6, 6.07) is 0.922. The Morgan fingerprint density at radius 1 is 1.42 bits per heavy atom. The first-order chi connectivity index (χ1) is 8.84. The first kappa shape index (κ1) is 13.2. The van der Waals surface area contributed by atoms with Gasteiger partial charge in [-0.25, -0.2) is 4.98 Å². The second-order valence-corrected chi connectivity index (χ2v) is 7.63. The zero-order valence-electron chi connectivity index (χ0n) is 12.9. The molecule has 2 fully saturated rings. The van der Waals surface area contributed by atoms with Crippen LogP contribution in [-0.2, 0) is 7.05 Å². The lowest BCUT2D eigenvalue weighted by Crippen LogP contribution is -2.51. The second kappa shape index (κ2) is 4.08. The maximum atomic E-state index is 4.49. The molecular weight excluding hydrogens is 234 g/mol. The topological polar surface area (TPSA) is 29.9 Å². The molecule has 3 nitrogen and oxygen atoms in total. The summed E-state index contributed by atoms with van der Waals surface area (Å²) < 4.78 is 2.13. The summed E-state index contributed by atoms with van der Waals surface area (Å²) in [6.45, 7) is 9.62. The standard InChI is InChI=1S/C16H27N3/c1-11(13-17-8-9-19(13)5)18-14-15(2,3)12-6-7-16(14,4)10-12/h8-9,11-12,14,18H,6-7,10H2,1-5H3. The van der Waals surface area contributed by atoms with Gasteiger partial charge in [-0.2, -0.15) is 0 Å². The summed E-state index contributed by atoms with van der Waals surface area (Å²) in [6.07, 6.45) is 8.11. The van der Waals surface area contributed by atoms with E-state index in [1.807, 2.05) is 12.4 Å². The summed E-state index contributed by atoms with van der Waals surface area (Å²) in [7, 11) is 2.08. The van der Waals surface area contributed by atoms with Crippen LogP contribution < -0.4 is 5.32 Å². The van der Waals surface area contributed by atoms with Crippen LogP contribution in [0.3, 0.4) is 0 Å². The number of nitrogens with zero attached hydrogens (tertiary/aromatic N) is 2. The molecule has 0 aromatic carbocycles. The molecule has 2 bridgehead atoms. The molecule has 2 aliphatic rings. The fraction of sp³-hybridized carbons (Fsp3) is 0.812. The highest BCUT2D eigenvalue weighted by molar-refractivity contribution is 5.13. The van der Waals surface area contributed by atoms with Crippen molar-refractivity contribution >= 4 is 0 Å². The number of aryl methyl sites for hydroxylation is 1. The quantitative estimate of drug-likeness (QED) is 0.905. The average molecular weight is 261 g/mol. The molecule has 2 saturated carbocycles. The van der Waals surface area contributed by atoms with Crippen molar-refractivity contribution < 1.29 is 0 Å². The molecule has 2 aliphatic carbocycles. The summed E-state index contributed by atoms with van der Waals surface area (Å²) >= 11 is 0. The van der Waals surface area contributed by atoms with Crippen molar-refractivity contribution in [3.05, 3.63) is 18.2 Å². The van der Waals surface area contributed by atoms with Crippen LogP contribution in [0.1, 0.15) is 58.8 Å². The van der Waals surface area contributed by atoms with Crippen molar-refractivity contribution in [3.63, 3.8) is 0 Å². The van der Waals surface area contributed by atoms with Gasteiger partial charge in [0.1, 0.15) is 5.82 Å². The normalized spacial score (nSPS) is 37.7. The van der Waals surface area contributed by atoms with Crippen LogP contribution in [0.25, 0.3) is 0 Å². The van der Waals surface area contributed by atoms with Gasteiger partial charge in [-0.15, -0.1) is 0 Å². The first-order valence-corrected chi connectivity index (χ1v) is 7.58. The maximum absolute atomic E-state index is 4.49. The van der Waals surface area contributed by atoms with E-state index in [0.717, 1.165) is 11.7 Å². The Labute approximate surface area is 116 Å². The van der Waals surface area contributed by atoms with Gasteiger partial charge in [0.25, 0.3) is 0 Å². The van der Waals surface area contributed by atoms with Gasteiger partial charge in [-0.05, 0) is 42.9 Å². The number of hydrogen-bond donors (Lipinski definition) is 1. The SMILES string of the molecule is CC(NC1C2(C)CCC(C2)C1(C)C)c1nccn1C. The Hall–Kier alpha value is -0.830. The lowest BCUT2D eigenvalue weighted by atomic mass is 9.68. The van der Waals surface area contributed by atoms with Crippen LogP contribution in [0.2, 0.25) is 0 Å². The van der Waals surface area contributed by atoms with Crippen LogP contribution in [0, 0.1) is 16.7 Å². The van der Waals surface area contributed by atoms with Gasteiger partial charge in [-0.1, -0.05) is 20.8 Å². The van der Waals surface area contributed by atoms with Crippen molar-refractivity contribution in [2.75, 3.05) is 0 Å². The van der Waals surface area contributed by atoms with Gasteiger partial charge in [0.05, 0.1) is 6.04 Å². The summed E-state index contributed by atoms with van der Waals surface area (Å²) in [5, 5.41) is 3.90. The van der Waals surface area contributed by atoms with E-state index < -0.39 is 0 Å². The molecule has 1 heterocycles. The zero-order valence-corrected chi connectivity index (χ0v) is 12.9. The third-order valence-electron chi connectivity index (χ3n) is 5.93. The highest BCUT2D eigenvalue weighted by Crippen LogP contribution is 2.62. The minimum absolute atomic E-state index is 0.320. The molecule has 0 amide bonds. The Bertz CT molecular complexity index is 471. The van der Waals surface area contributed by atoms with E-state index >= 15 is 0 Å². The minimum atomic E-state index is 0.320.